The van der Waals surface area contributed by atoms with Gasteiger partial charge in [-0.3, -0.25) is 4.98 Å². The molecule has 0 aliphatic rings. The molecule has 1 rings (SSSR count). The van der Waals surface area contributed by atoms with E-state index in [1.165, 1.54) is 0 Å². The Bertz CT molecular complexity index is 255. The van der Waals surface area contributed by atoms with E-state index in [4.69, 9.17) is 0 Å². The van der Waals surface area contributed by atoms with Crippen LogP contribution in [0.1, 0.15) is 11.3 Å². The first-order valence-electron chi connectivity index (χ1n) is 3.45. The van der Waals surface area contributed by atoms with E-state index in [9.17, 15) is 0 Å². The summed E-state index contributed by atoms with van der Waals surface area (Å²) < 4.78 is 0. The zero-order chi connectivity index (χ0) is 8.10. The lowest BCUT2D eigenvalue weighted by Gasteiger charge is -1.93. The SMILES string of the molecule is CN/N=C/c1ccnc(C)c1. The highest BCUT2D eigenvalue weighted by atomic mass is 15.3. The number of rotatable bonds is 2. The molecule has 1 aromatic rings. The highest BCUT2D eigenvalue weighted by Crippen LogP contribution is 1.96. The summed E-state index contributed by atoms with van der Waals surface area (Å²) in [6.45, 7) is 1.96. The van der Waals surface area contributed by atoms with Crippen LogP contribution in [0.4, 0.5) is 0 Å². The summed E-state index contributed by atoms with van der Waals surface area (Å²) in [5.74, 6) is 0. The van der Waals surface area contributed by atoms with Crippen molar-refractivity contribution < 1.29 is 0 Å². The molecule has 0 amide bonds. The molecule has 1 heterocycles. The van der Waals surface area contributed by atoms with Gasteiger partial charge in [0.15, 0.2) is 0 Å². The maximum absolute atomic E-state index is 4.07. The minimum Gasteiger partial charge on any atom is -0.313 e. The number of hydrogen-bond donors (Lipinski definition) is 1. The van der Waals surface area contributed by atoms with E-state index < -0.39 is 0 Å². The lowest BCUT2D eigenvalue weighted by Crippen LogP contribution is -1.95. The number of nitrogens with zero attached hydrogens (tertiary/aromatic N) is 2. The first kappa shape index (κ1) is 7.72. The topological polar surface area (TPSA) is 37.3 Å². The van der Waals surface area contributed by atoms with Gasteiger partial charge in [0.2, 0.25) is 0 Å². The van der Waals surface area contributed by atoms with Crippen molar-refractivity contribution in [1.82, 2.24) is 10.4 Å². The number of nitrogens with one attached hydrogen (secondary N) is 1. The van der Waals surface area contributed by atoms with E-state index in [0.29, 0.717) is 0 Å². The van der Waals surface area contributed by atoms with Crippen molar-refractivity contribution in [3.8, 4) is 0 Å². The second kappa shape index (κ2) is 3.71. The smallest absolute Gasteiger partial charge is 0.0541 e. The second-order valence-corrected chi connectivity index (χ2v) is 2.21. The quantitative estimate of drug-likeness (QED) is 0.502. The summed E-state index contributed by atoms with van der Waals surface area (Å²) in [6, 6.07) is 3.88. The molecule has 0 saturated heterocycles. The molecule has 0 saturated carbocycles. The van der Waals surface area contributed by atoms with Crippen LogP contribution in [0, 0.1) is 6.92 Å². The maximum Gasteiger partial charge on any atom is 0.0541 e. The molecule has 0 unspecified atom stereocenters. The fourth-order valence-electron chi connectivity index (χ4n) is 0.787. The molecule has 1 N–H and O–H groups in total. The van der Waals surface area contributed by atoms with E-state index in [2.05, 4.69) is 15.5 Å². The Morgan fingerprint density at radius 1 is 1.64 bits per heavy atom. The van der Waals surface area contributed by atoms with Crippen LogP contribution in [0.3, 0.4) is 0 Å². The Morgan fingerprint density at radius 3 is 3.09 bits per heavy atom. The number of aromatic nitrogens is 1. The lowest BCUT2D eigenvalue weighted by atomic mass is 10.2. The Labute approximate surface area is 66.2 Å². The first-order valence-corrected chi connectivity index (χ1v) is 3.45. The molecule has 0 aromatic carbocycles. The predicted octanol–water partition coefficient (Wildman–Crippen LogP) is 0.943. The van der Waals surface area contributed by atoms with Gasteiger partial charge in [-0.2, -0.15) is 5.10 Å². The van der Waals surface area contributed by atoms with Crippen LogP contribution in [-0.2, 0) is 0 Å². The Kier molecular flexibility index (Phi) is 2.60. The number of aryl methyl sites for hydroxylation is 1. The van der Waals surface area contributed by atoms with Gasteiger partial charge >= 0.3 is 0 Å². The number of hydrazone groups is 1. The summed E-state index contributed by atoms with van der Waals surface area (Å²) in [4.78, 5) is 4.07. The predicted molar refractivity (Wildman–Crippen MR) is 45.6 cm³/mol. The van der Waals surface area contributed by atoms with Gasteiger partial charge in [-0.25, -0.2) is 0 Å². The molecule has 0 aliphatic heterocycles. The lowest BCUT2D eigenvalue weighted by molar-refractivity contribution is 0.908. The van der Waals surface area contributed by atoms with Gasteiger partial charge in [-0.15, -0.1) is 0 Å². The fraction of sp³-hybridized carbons (Fsp3) is 0.250. The van der Waals surface area contributed by atoms with E-state index in [1.807, 2.05) is 19.1 Å². The van der Waals surface area contributed by atoms with Crippen molar-refractivity contribution in [3.63, 3.8) is 0 Å². The third kappa shape index (κ3) is 2.37. The van der Waals surface area contributed by atoms with E-state index in [1.54, 1.807) is 19.5 Å². The molecule has 11 heavy (non-hydrogen) atoms. The van der Waals surface area contributed by atoms with Gasteiger partial charge in [0, 0.05) is 18.9 Å². The van der Waals surface area contributed by atoms with E-state index in [0.717, 1.165) is 11.3 Å². The van der Waals surface area contributed by atoms with Crippen molar-refractivity contribution in [1.29, 1.82) is 0 Å². The third-order valence-electron chi connectivity index (χ3n) is 1.26. The van der Waals surface area contributed by atoms with Crippen LogP contribution in [0.25, 0.3) is 0 Å². The van der Waals surface area contributed by atoms with Crippen LogP contribution in [0.5, 0.6) is 0 Å². The maximum atomic E-state index is 4.07. The first-order chi connectivity index (χ1) is 5.33. The van der Waals surface area contributed by atoms with Crippen molar-refractivity contribution in [2.45, 2.75) is 6.92 Å². The normalized spacial score (nSPS) is 10.4. The van der Waals surface area contributed by atoms with Crippen LogP contribution >= 0.6 is 0 Å². The largest absolute Gasteiger partial charge is 0.313 e. The molecular formula is C8H11N3. The minimum atomic E-state index is 1.00. The van der Waals surface area contributed by atoms with E-state index >= 15 is 0 Å². The van der Waals surface area contributed by atoms with Gasteiger partial charge in [0.1, 0.15) is 0 Å². The monoisotopic (exact) mass is 149 g/mol. The number of hydrogen-bond acceptors (Lipinski definition) is 3. The van der Waals surface area contributed by atoms with E-state index in [-0.39, 0.29) is 0 Å². The molecule has 3 heteroatoms. The molecule has 0 fully saturated rings. The highest BCUT2D eigenvalue weighted by Gasteiger charge is 1.87. The standard InChI is InChI=1S/C8H11N3/c1-7-5-8(3-4-10-7)6-11-9-2/h3-6,9H,1-2H3/b11-6+. The molecule has 1 aromatic heterocycles. The zero-order valence-corrected chi connectivity index (χ0v) is 6.70. The molecule has 0 bridgehead atoms. The van der Waals surface area contributed by atoms with Crippen LogP contribution in [-0.4, -0.2) is 18.2 Å². The minimum absolute atomic E-state index is 1.00. The van der Waals surface area contributed by atoms with Crippen LogP contribution in [0.2, 0.25) is 0 Å². The summed E-state index contributed by atoms with van der Waals surface area (Å²) >= 11 is 0. The molecule has 0 aliphatic carbocycles. The van der Waals surface area contributed by atoms with Crippen LogP contribution in [0.15, 0.2) is 23.4 Å². The zero-order valence-electron chi connectivity index (χ0n) is 6.70. The molecule has 0 atom stereocenters. The summed E-state index contributed by atoms with van der Waals surface area (Å²) in [6.07, 6.45) is 3.53. The Morgan fingerprint density at radius 2 is 2.45 bits per heavy atom. The third-order valence-corrected chi connectivity index (χ3v) is 1.26. The van der Waals surface area contributed by atoms with Gasteiger partial charge < -0.3 is 5.43 Å². The van der Waals surface area contributed by atoms with Crippen LogP contribution < -0.4 is 5.43 Å². The average molecular weight is 149 g/mol. The molecule has 3 nitrogen and oxygen atoms in total. The molecule has 0 radical (unpaired) electrons. The fourth-order valence-corrected chi connectivity index (χ4v) is 0.787. The van der Waals surface area contributed by atoms with Crippen molar-refractivity contribution in [2.24, 2.45) is 5.10 Å². The van der Waals surface area contributed by atoms with Crippen molar-refractivity contribution in [2.75, 3.05) is 7.05 Å². The summed E-state index contributed by atoms with van der Waals surface area (Å²) in [7, 11) is 1.77. The average Bonchev–Trinajstić information content (AvgIpc) is 2.01. The highest BCUT2D eigenvalue weighted by molar-refractivity contribution is 5.79. The molecule has 0 spiro atoms. The van der Waals surface area contributed by atoms with Crippen molar-refractivity contribution in [3.05, 3.63) is 29.6 Å². The van der Waals surface area contributed by atoms with Gasteiger partial charge in [0.25, 0.3) is 0 Å². The Hall–Kier alpha value is -1.38. The molecule has 58 valence electrons. The number of pyridine rings is 1. The van der Waals surface area contributed by atoms with Gasteiger partial charge in [-0.1, -0.05) is 0 Å². The van der Waals surface area contributed by atoms with Gasteiger partial charge in [0.05, 0.1) is 6.21 Å². The van der Waals surface area contributed by atoms with Gasteiger partial charge in [-0.05, 0) is 24.6 Å². The Balaban J connectivity index is 2.79. The second-order valence-electron chi connectivity index (χ2n) is 2.21. The summed E-state index contributed by atoms with van der Waals surface area (Å²) in [5.41, 5.74) is 4.75. The van der Waals surface area contributed by atoms with Crippen molar-refractivity contribution >= 4 is 6.21 Å². The summed E-state index contributed by atoms with van der Waals surface area (Å²) in [5, 5.41) is 3.88. The molecular weight excluding hydrogens is 138 g/mol.